The number of nitrogens with one attached hydrogen (secondary N) is 1. The molecule has 0 aromatic carbocycles. The van der Waals surface area contributed by atoms with Gasteiger partial charge in [0.1, 0.15) is 5.82 Å². The van der Waals surface area contributed by atoms with Crippen LogP contribution < -0.4 is 5.32 Å². The molecule has 0 spiro atoms. The normalized spacial score (nSPS) is 10.4. The van der Waals surface area contributed by atoms with E-state index in [2.05, 4.69) is 10.3 Å². The lowest BCUT2D eigenvalue weighted by Crippen LogP contribution is -2.11. The van der Waals surface area contributed by atoms with Crippen LogP contribution in [0.5, 0.6) is 0 Å². The van der Waals surface area contributed by atoms with E-state index in [1.165, 1.54) is 6.20 Å². The Hall–Kier alpha value is -1.62. The summed E-state index contributed by atoms with van der Waals surface area (Å²) in [6.07, 6.45) is 1.44. The van der Waals surface area contributed by atoms with Crippen LogP contribution in [0.25, 0.3) is 0 Å². The summed E-state index contributed by atoms with van der Waals surface area (Å²) in [5, 5.41) is 12.0. The Bertz CT molecular complexity index is 391. The van der Waals surface area contributed by atoms with Crippen LogP contribution in [0, 0.1) is 5.92 Å². The fraction of sp³-hybridized carbons (Fsp3) is 0.500. The molecule has 1 heterocycles. The molecule has 1 aromatic heterocycles. The first-order valence-electron chi connectivity index (χ1n) is 5.53. The summed E-state index contributed by atoms with van der Waals surface area (Å²) < 4.78 is 5.08. The van der Waals surface area contributed by atoms with Crippen molar-refractivity contribution in [2.24, 2.45) is 5.92 Å². The van der Waals surface area contributed by atoms with E-state index in [4.69, 9.17) is 9.84 Å². The number of esters is 1. The molecule has 0 fully saturated rings. The minimum absolute atomic E-state index is 0.172. The number of hydrogen-bond donors (Lipinski definition) is 2. The largest absolute Gasteiger partial charge is 0.462 e. The van der Waals surface area contributed by atoms with E-state index in [1.807, 2.05) is 13.8 Å². The zero-order chi connectivity index (χ0) is 12.8. The van der Waals surface area contributed by atoms with Crippen molar-refractivity contribution < 1.29 is 14.6 Å². The number of anilines is 1. The molecule has 1 rings (SSSR count). The Morgan fingerprint density at radius 3 is 2.82 bits per heavy atom. The van der Waals surface area contributed by atoms with E-state index >= 15 is 0 Å². The van der Waals surface area contributed by atoms with Crippen molar-refractivity contribution in [3.63, 3.8) is 0 Å². The fourth-order valence-corrected chi connectivity index (χ4v) is 1.29. The van der Waals surface area contributed by atoms with Crippen LogP contribution in [0.4, 0.5) is 5.82 Å². The van der Waals surface area contributed by atoms with Crippen LogP contribution in [-0.2, 0) is 11.3 Å². The number of aromatic nitrogens is 1. The fourth-order valence-electron chi connectivity index (χ4n) is 1.29. The molecule has 0 aliphatic heterocycles. The molecule has 0 saturated heterocycles. The Morgan fingerprint density at radius 1 is 1.59 bits per heavy atom. The van der Waals surface area contributed by atoms with Crippen molar-refractivity contribution >= 4 is 11.8 Å². The second-order valence-electron chi connectivity index (χ2n) is 4.13. The molecule has 0 amide bonds. The minimum Gasteiger partial charge on any atom is -0.462 e. The van der Waals surface area contributed by atoms with Crippen LogP contribution in [0.1, 0.15) is 29.8 Å². The Kier molecular flexibility index (Phi) is 4.90. The quantitative estimate of drug-likeness (QED) is 0.759. The maximum Gasteiger partial charge on any atom is 0.339 e. The lowest BCUT2D eigenvalue weighted by molar-refractivity contribution is 0.0458. The molecule has 0 saturated carbocycles. The van der Waals surface area contributed by atoms with Gasteiger partial charge >= 0.3 is 5.97 Å². The third-order valence-electron chi connectivity index (χ3n) is 2.16. The highest BCUT2D eigenvalue weighted by Gasteiger charge is 2.11. The van der Waals surface area contributed by atoms with Crippen LogP contribution >= 0.6 is 0 Å². The van der Waals surface area contributed by atoms with Gasteiger partial charge in [0.15, 0.2) is 0 Å². The lowest BCUT2D eigenvalue weighted by Gasteiger charge is -2.09. The SMILES string of the molecule is CNc1ncc(C(=O)OCC(C)C)cc1CO. The summed E-state index contributed by atoms with van der Waals surface area (Å²) in [5.74, 6) is 0.442. The number of nitrogens with zero attached hydrogens (tertiary/aromatic N) is 1. The second kappa shape index (κ2) is 6.20. The van der Waals surface area contributed by atoms with E-state index in [-0.39, 0.29) is 6.61 Å². The van der Waals surface area contributed by atoms with Crippen LogP contribution in [-0.4, -0.2) is 29.7 Å². The molecular weight excluding hydrogens is 220 g/mol. The van der Waals surface area contributed by atoms with E-state index in [0.29, 0.717) is 29.5 Å². The molecule has 94 valence electrons. The number of aliphatic hydroxyl groups excluding tert-OH is 1. The maximum atomic E-state index is 11.7. The summed E-state index contributed by atoms with van der Waals surface area (Å²) in [4.78, 5) is 15.7. The van der Waals surface area contributed by atoms with Gasteiger partial charge in [-0.3, -0.25) is 0 Å². The van der Waals surface area contributed by atoms with Gasteiger partial charge in [0, 0.05) is 18.8 Å². The zero-order valence-electron chi connectivity index (χ0n) is 10.4. The van der Waals surface area contributed by atoms with Crippen LogP contribution in [0.2, 0.25) is 0 Å². The number of ether oxygens (including phenoxy) is 1. The number of rotatable bonds is 5. The van der Waals surface area contributed by atoms with Gasteiger partial charge in [-0.25, -0.2) is 9.78 Å². The maximum absolute atomic E-state index is 11.7. The molecule has 17 heavy (non-hydrogen) atoms. The van der Waals surface area contributed by atoms with E-state index in [1.54, 1.807) is 13.1 Å². The molecule has 0 radical (unpaired) electrons. The zero-order valence-corrected chi connectivity index (χ0v) is 10.4. The molecule has 0 aliphatic rings. The van der Waals surface area contributed by atoms with Crippen LogP contribution in [0.15, 0.2) is 12.3 Å². The van der Waals surface area contributed by atoms with Gasteiger partial charge in [-0.1, -0.05) is 13.8 Å². The Labute approximate surface area is 101 Å². The molecule has 5 heteroatoms. The smallest absolute Gasteiger partial charge is 0.339 e. The molecule has 0 unspecified atom stereocenters. The highest BCUT2D eigenvalue weighted by atomic mass is 16.5. The van der Waals surface area contributed by atoms with Gasteiger partial charge < -0.3 is 15.2 Å². The van der Waals surface area contributed by atoms with Crippen molar-refractivity contribution in [2.45, 2.75) is 20.5 Å². The monoisotopic (exact) mass is 238 g/mol. The van der Waals surface area contributed by atoms with E-state index in [9.17, 15) is 4.79 Å². The Balaban J connectivity index is 2.81. The first-order valence-corrected chi connectivity index (χ1v) is 5.53. The summed E-state index contributed by atoms with van der Waals surface area (Å²) in [5.41, 5.74) is 0.931. The number of pyridine rings is 1. The number of aliphatic hydroxyl groups is 1. The van der Waals surface area contributed by atoms with Gasteiger partial charge in [0.2, 0.25) is 0 Å². The van der Waals surface area contributed by atoms with E-state index < -0.39 is 5.97 Å². The summed E-state index contributed by atoms with van der Waals surface area (Å²) in [7, 11) is 1.71. The third kappa shape index (κ3) is 3.71. The van der Waals surface area contributed by atoms with Crippen molar-refractivity contribution in [1.82, 2.24) is 4.98 Å². The molecule has 5 nitrogen and oxygen atoms in total. The van der Waals surface area contributed by atoms with Crippen molar-refractivity contribution in [3.05, 3.63) is 23.4 Å². The first kappa shape index (κ1) is 13.4. The standard InChI is InChI=1S/C12H18N2O3/c1-8(2)7-17-12(16)9-4-10(6-15)11(13-3)14-5-9/h4-5,8,15H,6-7H2,1-3H3,(H,13,14). The summed E-state index contributed by atoms with van der Waals surface area (Å²) >= 11 is 0. The third-order valence-corrected chi connectivity index (χ3v) is 2.16. The minimum atomic E-state index is -0.413. The highest BCUT2D eigenvalue weighted by molar-refractivity contribution is 5.89. The number of hydrogen-bond acceptors (Lipinski definition) is 5. The number of carbonyl (C=O) groups is 1. The average Bonchev–Trinajstić information content (AvgIpc) is 2.34. The topological polar surface area (TPSA) is 71.5 Å². The molecule has 1 aromatic rings. The molecule has 2 N–H and O–H groups in total. The predicted molar refractivity (Wildman–Crippen MR) is 64.8 cm³/mol. The predicted octanol–water partition coefficient (Wildman–Crippen LogP) is 1.43. The summed E-state index contributed by atoms with van der Waals surface area (Å²) in [6.45, 7) is 4.14. The average molecular weight is 238 g/mol. The second-order valence-corrected chi connectivity index (χ2v) is 4.13. The lowest BCUT2D eigenvalue weighted by atomic mass is 10.2. The van der Waals surface area contributed by atoms with Gasteiger partial charge in [0.25, 0.3) is 0 Å². The Morgan fingerprint density at radius 2 is 2.29 bits per heavy atom. The number of carbonyl (C=O) groups excluding carboxylic acids is 1. The van der Waals surface area contributed by atoms with Gasteiger partial charge in [-0.2, -0.15) is 0 Å². The highest BCUT2D eigenvalue weighted by Crippen LogP contribution is 2.14. The van der Waals surface area contributed by atoms with Gasteiger partial charge in [-0.15, -0.1) is 0 Å². The van der Waals surface area contributed by atoms with Gasteiger partial charge in [-0.05, 0) is 12.0 Å². The molecule has 0 atom stereocenters. The molecule has 0 aliphatic carbocycles. The first-order chi connectivity index (χ1) is 8.08. The van der Waals surface area contributed by atoms with Crippen molar-refractivity contribution in [1.29, 1.82) is 0 Å². The van der Waals surface area contributed by atoms with Crippen molar-refractivity contribution in [3.8, 4) is 0 Å². The van der Waals surface area contributed by atoms with Crippen molar-refractivity contribution in [2.75, 3.05) is 19.0 Å². The van der Waals surface area contributed by atoms with Crippen LogP contribution in [0.3, 0.4) is 0 Å². The molecular formula is C12H18N2O3. The van der Waals surface area contributed by atoms with Gasteiger partial charge in [0.05, 0.1) is 18.8 Å². The molecule has 0 bridgehead atoms. The van der Waals surface area contributed by atoms with E-state index in [0.717, 1.165) is 0 Å². The summed E-state index contributed by atoms with van der Waals surface area (Å²) in [6, 6.07) is 1.58.